The molecule has 0 spiro atoms. The minimum Gasteiger partial charge on any atom is -0.488 e. The lowest BCUT2D eigenvalue weighted by atomic mass is 9.84. The summed E-state index contributed by atoms with van der Waals surface area (Å²) >= 11 is 1.59. The number of β-amino-alcohol motifs (C(OH)–C–C–N with tert-alkyl or cyclic N) is 1. The molecule has 14 nitrogen and oxygen atoms in total. The van der Waals surface area contributed by atoms with Gasteiger partial charge in [-0.15, -0.1) is 11.3 Å². The number of aliphatic hydroxyl groups is 1. The number of nitrogens with zero attached hydrogens (tertiary/aromatic N) is 3. The number of ether oxygens (including phenoxy) is 1. The number of unbranched alkanes of at least 4 members (excludes halogenated alkanes) is 2. The van der Waals surface area contributed by atoms with Crippen LogP contribution in [0.1, 0.15) is 120 Å². The van der Waals surface area contributed by atoms with Crippen molar-refractivity contribution in [2.75, 3.05) is 18.1 Å². The zero-order valence-electron chi connectivity index (χ0n) is 41.9. The van der Waals surface area contributed by atoms with Gasteiger partial charge in [0.1, 0.15) is 18.7 Å². The number of hydrogen-bond acceptors (Lipinski definition) is 10. The third kappa shape index (κ3) is 12.7. The van der Waals surface area contributed by atoms with Gasteiger partial charge in [-0.2, -0.15) is 0 Å². The van der Waals surface area contributed by atoms with Crippen molar-refractivity contribution in [3.63, 3.8) is 0 Å². The van der Waals surface area contributed by atoms with Gasteiger partial charge in [-0.1, -0.05) is 95.3 Å². The number of benzene rings is 3. The van der Waals surface area contributed by atoms with Gasteiger partial charge >= 0.3 is 0 Å². The monoisotopic (exact) mass is 992 g/mol. The number of nitrogens with two attached hydrogens (primary N) is 1. The molecular weight excluding hydrogens is 922 g/mol. The van der Waals surface area contributed by atoms with Crippen LogP contribution in [0.3, 0.4) is 0 Å². The highest BCUT2D eigenvalue weighted by molar-refractivity contribution is 7.13. The molecule has 4 heterocycles. The van der Waals surface area contributed by atoms with Crippen LogP contribution in [0.4, 0.5) is 10.1 Å². The van der Waals surface area contributed by atoms with E-state index in [9.17, 15) is 29.1 Å². The van der Waals surface area contributed by atoms with Crippen molar-refractivity contribution in [3.05, 3.63) is 112 Å². The summed E-state index contributed by atoms with van der Waals surface area (Å²) in [7, 11) is 0. The zero-order valence-corrected chi connectivity index (χ0v) is 42.7. The molecule has 6 N–H and O–H groups in total. The Morgan fingerprint density at radius 2 is 1.69 bits per heavy atom. The molecular formula is C55H70FN7O7S. The van der Waals surface area contributed by atoms with Crippen molar-refractivity contribution < 1.29 is 38.2 Å². The summed E-state index contributed by atoms with van der Waals surface area (Å²) in [4.78, 5) is 75.5. The summed E-state index contributed by atoms with van der Waals surface area (Å²) in [5.41, 5.74) is 13.6. The number of aromatic nitrogens is 1. The van der Waals surface area contributed by atoms with E-state index < -0.39 is 47.4 Å². The quantitative estimate of drug-likeness (QED) is 0.0529. The van der Waals surface area contributed by atoms with Gasteiger partial charge < -0.3 is 36.4 Å². The number of anilines is 1. The lowest BCUT2D eigenvalue weighted by molar-refractivity contribution is -0.128. The van der Waals surface area contributed by atoms with Crippen LogP contribution in [0.25, 0.3) is 10.4 Å². The Balaban J connectivity index is 0.887. The predicted octanol–water partition coefficient (Wildman–Crippen LogP) is 7.39. The highest BCUT2D eigenvalue weighted by atomic mass is 32.1. The second-order valence-corrected chi connectivity index (χ2v) is 21.5. The predicted molar refractivity (Wildman–Crippen MR) is 274 cm³/mol. The molecule has 0 radical (unpaired) electrons. The lowest BCUT2D eigenvalue weighted by Gasteiger charge is -2.39. The summed E-state index contributed by atoms with van der Waals surface area (Å²) in [5.74, 6) is -2.18. The first kappa shape index (κ1) is 52.7. The topological polar surface area (TPSA) is 196 Å². The summed E-state index contributed by atoms with van der Waals surface area (Å²) in [6.45, 7) is 16.2. The van der Waals surface area contributed by atoms with Gasteiger partial charge in [-0.25, -0.2) is 9.37 Å². The van der Waals surface area contributed by atoms with Crippen molar-refractivity contribution in [1.29, 1.82) is 0 Å². The van der Waals surface area contributed by atoms with Crippen LogP contribution < -0.4 is 31.3 Å². The fraction of sp³-hybridized carbons (Fsp3) is 0.491. The minimum atomic E-state index is -0.761. The number of carbonyl (C=O) groups is 5. The Kier molecular flexibility index (Phi) is 17.0. The molecule has 1 saturated heterocycles. The molecule has 7 atom stereocenters. The van der Waals surface area contributed by atoms with E-state index >= 15 is 4.39 Å². The molecule has 0 aliphatic carbocycles. The Morgan fingerprint density at radius 1 is 0.972 bits per heavy atom. The van der Waals surface area contributed by atoms with E-state index in [1.807, 2.05) is 94.4 Å². The first-order chi connectivity index (χ1) is 33.8. The average molecular weight is 992 g/mol. The fourth-order valence-electron chi connectivity index (χ4n) is 10.1. The summed E-state index contributed by atoms with van der Waals surface area (Å²) in [5, 5.41) is 20.1. The zero-order chi connectivity index (χ0) is 51.1. The average Bonchev–Trinajstić information content (AvgIpc) is 4.05. The third-order valence-electron chi connectivity index (χ3n) is 14.1. The number of amides is 5. The molecule has 71 heavy (non-hydrogen) atoms. The smallest absolute Gasteiger partial charge is 0.243 e. The molecule has 1 aromatic heterocycles. The van der Waals surface area contributed by atoms with Gasteiger partial charge in [0, 0.05) is 43.8 Å². The molecule has 4 aromatic rings. The Hall–Kier alpha value is -6.13. The van der Waals surface area contributed by atoms with Crippen LogP contribution in [-0.4, -0.2) is 87.9 Å². The number of aryl methyl sites for hydroxylation is 3. The SMILES string of the molecule is C=C([C@@H](NC(=O)CCCCCc1cccc(OC[C@H](CCC(N)=O)NC(=O)[C@@H]2Cc3cccc4c3N2C(=O)[C@@H](C)CC4)c1F)C(C)(C)C)N1C[C@H](O)C[C@H]1C(=O)N[C@@H](C)c1ccc(-c2scnc2C)cc1. The second-order valence-electron chi connectivity index (χ2n) is 20.6. The van der Waals surface area contributed by atoms with E-state index in [0.717, 1.165) is 44.9 Å². The largest absolute Gasteiger partial charge is 0.488 e. The van der Waals surface area contributed by atoms with E-state index in [0.29, 0.717) is 49.8 Å². The van der Waals surface area contributed by atoms with Gasteiger partial charge in [0.15, 0.2) is 11.6 Å². The molecule has 380 valence electrons. The van der Waals surface area contributed by atoms with E-state index in [4.69, 9.17) is 10.5 Å². The number of para-hydroxylation sites is 1. The van der Waals surface area contributed by atoms with E-state index in [-0.39, 0.29) is 80.2 Å². The third-order valence-corrected chi connectivity index (χ3v) is 15.1. The van der Waals surface area contributed by atoms with Crippen molar-refractivity contribution >= 4 is 46.6 Å². The molecule has 3 aromatic carbocycles. The number of carbonyl (C=O) groups excluding carboxylic acids is 5. The van der Waals surface area contributed by atoms with Gasteiger partial charge in [-0.3, -0.25) is 28.9 Å². The number of halogens is 1. The van der Waals surface area contributed by atoms with Crippen LogP contribution in [0.15, 0.2) is 78.5 Å². The van der Waals surface area contributed by atoms with Gasteiger partial charge in [-0.05, 0) is 91.7 Å². The van der Waals surface area contributed by atoms with E-state index in [1.54, 1.807) is 28.4 Å². The first-order valence-corrected chi connectivity index (χ1v) is 25.8. The number of primary amides is 1. The van der Waals surface area contributed by atoms with E-state index in [2.05, 4.69) is 27.5 Å². The number of hydrogen-bond donors (Lipinski definition) is 5. The molecule has 0 saturated carbocycles. The molecule has 16 heteroatoms. The lowest BCUT2D eigenvalue weighted by Crippen LogP contribution is -2.52. The maximum Gasteiger partial charge on any atom is 0.243 e. The molecule has 0 unspecified atom stereocenters. The minimum absolute atomic E-state index is 0.00996. The number of thiazole rings is 1. The highest BCUT2D eigenvalue weighted by Crippen LogP contribution is 2.40. The summed E-state index contributed by atoms with van der Waals surface area (Å²) in [6.07, 6.45) is 3.88. The fourth-order valence-corrected chi connectivity index (χ4v) is 10.9. The number of aliphatic hydroxyl groups excluding tert-OH is 1. The second kappa shape index (κ2) is 23.0. The van der Waals surface area contributed by atoms with Crippen LogP contribution in [0, 0.1) is 24.1 Å². The normalized spacial score (nSPS) is 19.9. The summed E-state index contributed by atoms with van der Waals surface area (Å²) < 4.78 is 21.9. The van der Waals surface area contributed by atoms with Crippen molar-refractivity contribution in [2.24, 2.45) is 17.1 Å². The number of likely N-dealkylation sites (tertiary alicyclic amines) is 1. The Morgan fingerprint density at radius 3 is 2.39 bits per heavy atom. The van der Waals surface area contributed by atoms with Gasteiger partial charge in [0.05, 0.1) is 46.0 Å². The van der Waals surface area contributed by atoms with E-state index in [1.165, 1.54) is 6.07 Å². The standard InChI is InChI=1S/C55H70FN7O7S/c1-32-19-20-38-15-11-16-40-27-44(63(49(38)40)54(32)69)53(68)60-41(25-26-46(57)65)30-70-45-17-12-14-37(48(45)56)13-9-8-10-18-47(66)61-51(55(5,6)7)35(4)62-29-42(64)28-43(62)52(67)59-33(2)36-21-23-39(24-22-36)50-34(3)58-31-71-50/h11-12,14-17,21-24,31-33,41-44,51,64H,4,8-10,13,18-20,25-30H2,1-3,5-7H3,(H2,57,65)(H,59,67)(H,60,68)(H,61,66)/t32-,33-,41-,42+,43-,44-,51+/m0/s1. The molecule has 5 amide bonds. The summed E-state index contributed by atoms with van der Waals surface area (Å²) in [6, 6.07) is 16.0. The number of rotatable bonds is 21. The Labute approximate surface area is 421 Å². The number of nitrogens with one attached hydrogen (secondary N) is 3. The first-order valence-electron chi connectivity index (χ1n) is 25.0. The van der Waals surface area contributed by atoms with Crippen molar-refractivity contribution in [2.45, 2.75) is 148 Å². The molecule has 3 aliphatic heterocycles. The van der Waals surface area contributed by atoms with Gasteiger partial charge in [0.25, 0.3) is 0 Å². The van der Waals surface area contributed by atoms with Gasteiger partial charge in [0.2, 0.25) is 29.5 Å². The molecule has 0 bridgehead atoms. The molecule has 7 rings (SSSR count). The van der Waals surface area contributed by atoms with Crippen LogP contribution in [-0.2, 0) is 43.2 Å². The van der Waals surface area contributed by atoms with Crippen molar-refractivity contribution in [1.82, 2.24) is 25.8 Å². The Bertz CT molecular complexity index is 2600. The molecule has 3 aliphatic rings. The van der Waals surface area contributed by atoms with Crippen LogP contribution in [0.5, 0.6) is 5.75 Å². The molecule has 1 fully saturated rings. The maximum absolute atomic E-state index is 15.9. The van der Waals surface area contributed by atoms with Crippen molar-refractivity contribution in [3.8, 4) is 16.2 Å². The van der Waals surface area contributed by atoms with Crippen LogP contribution >= 0.6 is 11.3 Å². The maximum atomic E-state index is 15.9. The van der Waals surface area contributed by atoms with Crippen LogP contribution in [0.2, 0.25) is 0 Å². The highest BCUT2D eigenvalue weighted by Gasteiger charge is 2.44.